The first-order valence-electron chi connectivity index (χ1n) is 6.90. The molecule has 20 heavy (non-hydrogen) atoms. The topological polar surface area (TPSA) is 85.4 Å². The highest BCUT2D eigenvalue weighted by atomic mass is 16.4. The maximum absolute atomic E-state index is 12.3. The predicted molar refractivity (Wildman–Crippen MR) is 76.1 cm³/mol. The molecule has 0 bridgehead atoms. The molecule has 2 atom stereocenters. The van der Waals surface area contributed by atoms with Gasteiger partial charge in [-0.25, -0.2) is 9.59 Å². The van der Waals surface area contributed by atoms with E-state index in [-0.39, 0.29) is 17.8 Å². The number of anilines is 1. The number of hydrogen-bond donors (Lipinski definition) is 3. The summed E-state index contributed by atoms with van der Waals surface area (Å²) in [4.78, 5) is 27.9. The number of aromatic nitrogens is 1. The number of H-pyrrole nitrogens is 1. The number of aromatic amines is 1. The number of nitrogens with one attached hydrogen (secondary N) is 2. The minimum atomic E-state index is -1.08. The van der Waals surface area contributed by atoms with Crippen LogP contribution in [0.15, 0.2) is 6.07 Å². The van der Waals surface area contributed by atoms with Crippen LogP contribution < -0.4 is 5.32 Å². The van der Waals surface area contributed by atoms with Crippen LogP contribution in [-0.4, -0.2) is 39.6 Å². The van der Waals surface area contributed by atoms with Gasteiger partial charge in [0.2, 0.25) is 0 Å². The number of piperidine rings is 1. The SMILES string of the molecule is Cc1cc(NC(=O)N2CCCC(C)C2C)c(C(=O)O)[nH]1. The number of aryl methyl sites for hydroxylation is 1. The third kappa shape index (κ3) is 2.79. The summed E-state index contributed by atoms with van der Waals surface area (Å²) in [6.07, 6.45) is 2.10. The Bertz CT molecular complexity index is 524. The molecule has 0 aromatic carbocycles. The predicted octanol–water partition coefficient (Wildman–Crippen LogP) is 2.67. The Morgan fingerprint density at radius 2 is 2.15 bits per heavy atom. The number of carbonyl (C=O) groups excluding carboxylic acids is 1. The lowest BCUT2D eigenvalue weighted by molar-refractivity contribution is 0.0692. The lowest BCUT2D eigenvalue weighted by Crippen LogP contribution is -2.48. The molecule has 2 heterocycles. The smallest absolute Gasteiger partial charge is 0.354 e. The summed E-state index contributed by atoms with van der Waals surface area (Å²) in [5.41, 5.74) is 1.05. The summed E-state index contributed by atoms with van der Waals surface area (Å²) < 4.78 is 0. The first kappa shape index (κ1) is 14.4. The molecule has 1 saturated heterocycles. The van der Waals surface area contributed by atoms with Crippen molar-refractivity contribution in [2.75, 3.05) is 11.9 Å². The number of rotatable bonds is 2. The zero-order chi connectivity index (χ0) is 14.9. The second kappa shape index (κ2) is 5.56. The van der Waals surface area contributed by atoms with E-state index >= 15 is 0 Å². The highest BCUT2D eigenvalue weighted by molar-refractivity contribution is 5.99. The van der Waals surface area contributed by atoms with Gasteiger partial charge in [-0.1, -0.05) is 6.92 Å². The summed E-state index contributed by atoms with van der Waals surface area (Å²) >= 11 is 0. The van der Waals surface area contributed by atoms with Gasteiger partial charge in [-0.2, -0.15) is 0 Å². The van der Waals surface area contributed by atoms with Gasteiger partial charge in [0.15, 0.2) is 0 Å². The van der Waals surface area contributed by atoms with Gasteiger partial charge >= 0.3 is 12.0 Å². The second-order valence-electron chi connectivity index (χ2n) is 5.53. The third-order valence-electron chi connectivity index (χ3n) is 4.04. The Kier molecular flexibility index (Phi) is 4.01. The highest BCUT2D eigenvalue weighted by Crippen LogP contribution is 2.24. The molecular weight excluding hydrogens is 258 g/mol. The van der Waals surface area contributed by atoms with E-state index in [1.807, 2.05) is 6.92 Å². The number of amides is 2. The van der Waals surface area contributed by atoms with Gasteiger partial charge in [-0.3, -0.25) is 0 Å². The van der Waals surface area contributed by atoms with Crippen molar-refractivity contribution in [1.82, 2.24) is 9.88 Å². The van der Waals surface area contributed by atoms with Gasteiger partial charge in [0.25, 0.3) is 0 Å². The molecular formula is C14H21N3O3. The maximum Gasteiger partial charge on any atom is 0.354 e. The van der Waals surface area contributed by atoms with Crippen LogP contribution in [0, 0.1) is 12.8 Å². The molecule has 0 radical (unpaired) electrons. The lowest BCUT2D eigenvalue weighted by Gasteiger charge is -2.37. The first-order valence-corrected chi connectivity index (χ1v) is 6.90. The van der Waals surface area contributed by atoms with Crippen molar-refractivity contribution in [2.45, 2.75) is 39.7 Å². The van der Waals surface area contributed by atoms with Gasteiger partial charge in [-0.05, 0) is 38.7 Å². The molecule has 2 amide bonds. The van der Waals surface area contributed by atoms with E-state index < -0.39 is 5.97 Å². The molecule has 1 fully saturated rings. The Labute approximate surface area is 118 Å². The molecule has 0 aliphatic carbocycles. The van der Waals surface area contributed by atoms with Crippen molar-refractivity contribution in [3.8, 4) is 0 Å². The van der Waals surface area contributed by atoms with Crippen LogP contribution in [0.25, 0.3) is 0 Å². The quantitative estimate of drug-likeness (QED) is 0.778. The van der Waals surface area contributed by atoms with Crippen LogP contribution in [0.2, 0.25) is 0 Å². The number of carbonyl (C=O) groups is 2. The summed E-state index contributed by atoms with van der Waals surface area (Å²) in [5.74, 6) is -0.616. The number of aromatic carboxylic acids is 1. The molecule has 110 valence electrons. The van der Waals surface area contributed by atoms with E-state index in [0.717, 1.165) is 12.8 Å². The van der Waals surface area contributed by atoms with Crippen LogP contribution in [-0.2, 0) is 0 Å². The van der Waals surface area contributed by atoms with Crippen molar-refractivity contribution in [1.29, 1.82) is 0 Å². The number of urea groups is 1. The van der Waals surface area contributed by atoms with Crippen LogP contribution in [0.4, 0.5) is 10.5 Å². The standard InChI is InChI=1S/C14H21N3O3/c1-8-5-4-6-17(10(8)3)14(20)16-11-7-9(2)15-12(11)13(18)19/h7-8,10,15H,4-6H2,1-3H3,(H,16,20)(H,18,19). The van der Waals surface area contributed by atoms with Crippen LogP contribution >= 0.6 is 0 Å². The molecule has 2 rings (SSSR count). The zero-order valence-electron chi connectivity index (χ0n) is 12.1. The summed E-state index contributed by atoms with van der Waals surface area (Å²) in [5, 5.41) is 11.8. The Morgan fingerprint density at radius 1 is 1.45 bits per heavy atom. The van der Waals surface area contributed by atoms with Crippen molar-refractivity contribution in [3.63, 3.8) is 0 Å². The van der Waals surface area contributed by atoms with Crippen LogP contribution in [0.1, 0.15) is 42.9 Å². The van der Waals surface area contributed by atoms with Gasteiger partial charge in [-0.15, -0.1) is 0 Å². The van der Waals surface area contributed by atoms with Gasteiger partial charge < -0.3 is 20.3 Å². The fourth-order valence-electron chi connectivity index (χ4n) is 2.67. The van der Waals surface area contributed by atoms with E-state index in [2.05, 4.69) is 17.2 Å². The zero-order valence-corrected chi connectivity index (χ0v) is 12.1. The molecule has 2 unspecified atom stereocenters. The van der Waals surface area contributed by atoms with E-state index in [0.29, 0.717) is 23.8 Å². The summed E-state index contributed by atoms with van der Waals surface area (Å²) in [7, 11) is 0. The minimum Gasteiger partial charge on any atom is -0.477 e. The van der Waals surface area contributed by atoms with E-state index in [4.69, 9.17) is 5.11 Å². The third-order valence-corrected chi connectivity index (χ3v) is 4.04. The number of likely N-dealkylation sites (tertiary alicyclic amines) is 1. The second-order valence-corrected chi connectivity index (χ2v) is 5.53. The summed E-state index contributed by atoms with van der Waals surface area (Å²) in [6.45, 7) is 6.63. The molecule has 6 heteroatoms. The van der Waals surface area contributed by atoms with E-state index in [9.17, 15) is 9.59 Å². The van der Waals surface area contributed by atoms with E-state index in [1.165, 1.54) is 0 Å². The Morgan fingerprint density at radius 3 is 2.80 bits per heavy atom. The van der Waals surface area contributed by atoms with Crippen molar-refractivity contribution in [2.24, 2.45) is 5.92 Å². The molecule has 1 aliphatic rings. The van der Waals surface area contributed by atoms with Crippen molar-refractivity contribution < 1.29 is 14.7 Å². The molecule has 0 spiro atoms. The Balaban J connectivity index is 2.13. The highest BCUT2D eigenvalue weighted by Gasteiger charge is 2.29. The molecule has 0 saturated carbocycles. The number of nitrogens with zero attached hydrogens (tertiary/aromatic N) is 1. The Hall–Kier alpha value is -1.98. The van der Waals surface area contributed by atoms with Crippen molar-refractivity contribution >= 4 is 17.7 Å². The maximum atomic E-state index is 12.3. The number of carboxylic acids is 1. The average molecular weight is 279 g/mol. The van der Waals surface area contributed by atoms with Gasteiger partial charge in [0.1, 0.15) is 5.69 Å². The van der Waals surface area contributed by atoms with Crippen LogP contribution in [0.5, 0.6) is 0 Å². The normalized spacial score (nSPS) is 22.6. The lowest BCUT2D eigenvalue weighted by atomic mass is 9.92. The van der Waals surface area contributed by atoms with Gasteiger partial charge in [0.05, 0.1) is 5.69 Å². The average Bonchev–Trinajstić information content (AvgIpc) is 2.73. The van der Waals surface area contributed by atoms with Crippen LogP contribution in [0.3, 0.4) is 0 Å². The fraction of sp³-hybridized carbons (Fsp3) is 0.571. The molecule has 1 aliphatic heterocycles. The monoisotopic (exact) mass is 279 g/mol. The molecule has 1 aromatic rings. The largest absolute Gasteiger partial charge is 0.477 e. The first-order chi connectivity index (χ1) is 9.40. The van der Waals surface area contributed by atoms with Gasteiger partial charge in [0, 0.05) is 18.3 Å². The molecule has 1 aromatic heterocycles. The van der Waals surface area contributed by atoms with Crippen molar-refractivity contribution in [3.05, 3.63) is 17.5 Å². The summed E-state index contributed by atoms with van der Waals surface area (Å²) in [6, 6.07) is 1.57. The minimum absolute atomic E-state index is 0.0218. The fourth-order valence-corrected chi connectivity index (χ4v) is 2.67. The molecule has 6 nitrogen and oxygen atoms in total. The number of hydrogen-bond acceptors (Lipinski definition) is 2. The molecule has 3 N–H and O–H groups in total. The van der Waals surface area contributed by atoms with E-state index in [1.54, 1.807) is 17.9 Å². The number of carboxylic acid groups (broad SMARTS) is 1.